The van der Waals surface area contributed by atoms with E-state index in [1.807, 2.05) is 6.92 Å². The predicted octanol–water partition coefficient (Wildman–Crippen LogP) is 2.08. The lowest BCUT2D eigenvalue weighted by molar-refractivity contribution is -0.0139. The van der Waals surface area contributed by atoms with Crippen LogP contribution in [-0.2, 0) is 11.2 Å². The third kappa shape index (κ3) is 4.97. The fraction of sp³-hybridized carbons (Fsp3) is 0.688. The van der Waals surface area contributed by atoms with Crippen LogP contribution >= 0.6 is 11.3 Å². The van der Waals surface area contributed by atoms with E-state index in [4.69, 9.17) is 4.74 Å². The lowest BCUT2D eigenvalue weighted by atomic mass is 9.81. The quantitative estimate of drug-likeness (QED) is 0.749. The molecule has 1 aliphatic heterocycles. The second kappa shape index (κ2) is 7.94. The number of carbonyl (C=O) groups excluding carboxylic acids is 1. The molecular formula is C16H26N2O3S. The van der Waals surface area contributed by atoms with Gasteiger partial charge in [0.1, 0.15) is 0 Å². The Morgan fingerprint density at radius 1 is 1.45 bits per heavy atom. The number of aryl methyl sites for hydroxylation is 1. The fourth-order valence-electron chi connectivity index (χ4n) is 2.69. The van der Waals surface area contributed by atoms with Crippen molar-refractivity contribution < 1.29 is 14.6 Å². The Labute approximate surface area is 136 Å². The third-order valence-corrected chi connectivity index (χ3v) is 5.22. The van der Waals surface area contributed by atoms with Crippen LogP contribution in [0.5, 0.6) is 0 Å². The number of hydrogen-bond acceptors (Lipinski definition) is 4. The number of thiophene rings is 1. The van der Waals surface area contributed by atoms with Crippen LogP contribution in [0.1, 0.15) is 29.5 Å². The van der Waals surface area contributed by atoms with E-state index >= 15 is 0 Å². The van der Waals surface area contributed by atoms with Crippen molar-refractivity contribution in [3.63, 3.8) is 0 Å². The summed E-state index contributed by atoms with van der Waals surface area (Å²) in [6, 6.07) is 4.12. The molecule has 1 aromatic heterocycles. The SMILES string of the molecule is Cc1ccc(C[C@H](C)NC(=O)NCC2(CO)CCOCC2)s1. The lowest BCUT2D eigenvalue weighted by Crippen LogP contribution is -2.48. The second-order valence-corrected chi connectivity index (χ2v) is 7.59. The Bertz CT molecular complexity index is 483. The smallest absolute Gasteiger partial charge is 0.315 e. The molecule has 2 heterocycles. The van der Waals surface area contributed by atoms with E-state index in [0.29, 0.717) is 19.8 Å². The Kier molecular flexibility index (Phi) is 6.23. The van der Waals surface area contributed by atoms with Gasteiger partial charge in [-0.15, -0.1) is 11.3 Å². The van der Waals surface area contributed by atoms with Gasteiger partial charge in [-0.05, 0) is 38.8 Å². The zero-order valence-electron chi connectivity index (χ0n) is 13.4. The van der Waals surface area contributed by atoms with Gasteiger partial charge in [-0.3, -0.25) is 0 Å². The van der Waals surface area contributed by atoms with Gasteiger partial charge in [0.05, 0.1) is 6.61 Å². The van der Waals surface area contributed by atoms with Gasteiger partial charge in [0.25, 0.3) is 0 Å². The number of aliphatic hydroxyl groups is 1. The monoisotopic (exact) mass is 326 g/mol. The van der Waals surface area contributed by atoms with Crippen LogP contribution in [0.25, 0.3) is 0 Å². The van der Waals surface area contributed by atoms with Gasteiger partial charge in [-0.1, -0.05) is 0 Å². The number of aliphatic hydroxyl groups excluding tert-OH is 1. The molecule has 2 amide bonds. The van der Waals surface area contributed by atoms with Crippen molar-refractivity contribution in [3.05, 3.63) is 21.9 Å². The van der Waals surface area contributed by atoms with Crippen LogP contribution < -0.4 is 10.6 Å². The summed E-state index contributed by atoms with van der Waals surface area (Å²) < 4.78 is 5.33. The zero-order valence-corrected chi connectivity index (χ0v) is 14.2. The molecule has 1 saturated heterocycles. The molecule has 1 fully saturated rings. The van der Waals surface area contributed by atoms with Gasteiger partial charge < -0.3 is 20.5 Å². The molecule has 5 nitrogen and oxygen atoms in total. The molecule has 0 aliphatic carbocycles. The van der Waals surface area contributed by atoms with E-state index in [1.54, 1.807) is 11.3 Å². The van der Waals surface area contributed by atoms with Crippen LogP contribution in [-0.4, -0.2) is 43.5 Å². The first-order valence-corrected chi connectivity index (χ1v) is 8.63. The minimum atomic E-state index is -0.232. The molecule has 0 aromatic carbocycles. The van der Waals surface area contributed by atoms with Gasteiger partial charge >= 0.3 is 6.03 Å². The molecular weight excluding hydrogens is 300 g/mol. The normalized spacial score (nSPS) is 18.7. The first kappa shape index (κ1) is 17.2. The number of carbonyl (C=O) groups is 1. The average Bonchev–Trinajstić information content (AvgIpc) is 2.91. The molecule has 0 saturated carbocycles. The first-order valence-electron chi connectivity index (χ1n) is 7.81. The summed E-state index contributed by atoms with van der Waals surface area (Å²) >= 11 is 1.76. The molecule has 3 N–H and O–H groups in total. The molecule has 124 valence electrons. The van der Waals surface area contributed by atoms with Crippen LogP contribution in [0.3, 0.4) is 0 Å². The van der Waals surface area contributed by atoms with Gasteiger partial charge in [0.15, 0.2) is 0 Å². The molecule has 2 rings (SSSR count). The van der Waals surface area contributed by atoms with Crippen LogP contribution in [0, 0.1) is 12.3 Å². The summed E-state index contributed by atoms with van der Waals surface area (Å²) in [4.78, 5) is 14.6. The van der Waals surface area contributed by atoms with Crippen molar-refractivity contribution in [2.24, 2.45) is 5.41 Å². The third-order valence-electron chi connectivity index (χ3n) is 4.19. The van der Waals surface area contributed by atoms with Crippen LogP contribution in [0.15, 0.2) is 12.1 Å². The molecule has 22 heavy (non-hydrogen) atoms. The summed E-state index contributed by atoms with van der Waals surface area (Å²) in [7, 11) is 0. The van der Waals surface area contributed by atoms with Gasteiger partial charge in [0.2, 0.25) is 0 Å². The number of rotatable bonds is 6. The maximum atomic E-state index is 12.0. The highest BCUT2D eigenvalue weighted by atomic mass is 32.1. The maximum absolute atomic E-state index is 12.0. The minimum absolute atomic E-state index is 0.0813. The fourth-order valence-corrected chi connectivity index (χ4v) is 3.70. The number of urea groups is 1. The van der Waals surface area contributed by atoms with Crippen molar-refractivity contribution in [1.82, 2.24) is 10.6 Å². The molecule has 0 bridgehead atoms. The molecule has 1 aliphatic rings. The van der Waals surface area contributed by atoms with Crippen molar-refractivity contribution >= 4 is 17.4 Å². The summed E-state index contributed by atoms with van der Waals surface area (Å²) in [5.74, 6) is 0. The van der Waals surface area contributed by atoms with Crippen LogP contribution in [0.2, 0.25) is 0 Å². The first-order chi connectivity index (χ1) is 10.5. The number of amides is 2. The van der Waals surface area contributed by atoms with Gasteiger partial charge in [0, 0.05) is 47.4 Å². The molecule has 0 spiro atoms. The standard InChI is InChI=1S/C16H26N2O3S/c1-12(9-14-4-3-13(2)22-14)18-15(20)17-10-16(11-19)5-7-21-8-6-16/h3-4,12,19H,5-11H2,1-2H3,(H2,17,18,20)/t12-/m0/s1. The summed E-state index contributed by atoms with van der Waals surface area (Å²) in [6.45, 7) is 5.96. The Morgan fingerprint density at radius 2 is 2.18 bits per heavy atom. The summed E-state index contributed by atoms with van der Waals surface area (Å²) in [5.41, 5.74) is -0.232. The van der Waals surface area contributed by atoms with Crippen molar-refractivity contribution in [2.45, 2.75) is 39.2 Å². The van der Waals surface area contributed by atoms with E-state index in [9.17, 15) is 9.90 Å². The van der Waals surface area contributed by atoms with Gasteiger partial charge in [-0.2, -0.15) is 0 Å². The molecule has 1 atom stereocenters. The predicted molar refractivity (Wildman–Crippen MR) is 88.3 cm³/mol. The zero-order chi connectivity index (χ0) is 16.0. The molecule has 0 radical (unpaired) electrons. The van der Waals surface area contributed by atoms with Crippen molar-refractivity contribution in [3.8, 4) is 0 Å². The van der Waals surface area contributed by atoms with E-state index in [-0.39, 0.29) is 24.1 Å². The van der Waals surface area contributed by atoms with Gasteiger partial charge in [-0.25, -0.2) is 4.79 Å². The Hall–Kier alpha value is -1.11. The maximum Gasteiger partial charge on any atom is 0.315 e. The Balaban J connectivity index is 1.74. The highest BCUT2D eigenvalue weighted by Crippen LogP contribution is 2.28. The molecule has 6 heteroatoms. The highest BCUT2D eigenvalue weighted by Gasteiger charge is 2.32. The topological polar surface area (TPSA) is 70.6 Å². The number of hydrogen-bond donors (Lipinski definition) is 3. The van der Waals surface area contributed by atoms with Crippen molar-refractivity contribution in [1.29, 1.82) is 0 Å². The molecule has 1 aromatic rings. The largest absolute Gasteiger partial charge is 0.396 e. The van der Waals surface area contributed by atoms with E-state index < -0.39 is 0 Å². The van der Waals surface area contributed by atoms with E-state index in [1.165, 1.54) is 9.75 Å². The summed E-state index contributed by atoms with van der Waals surface area (Å²) in [6.07, 6.45) is 2.41. The van der Waals surface area contributed by atoms with Crippen LogP contribution in [0.4, 0.5) is 4.79 Å². The van der Waals surface area contributed by atoms with E-state index in [2.05, 4.69) is 29.7 Å². The van der Waals surface area contributed by atoms with E-state index in [0.717, 1.165) is 19.3 Å². The number of nitrogens with one attached hydrogen (secondary N) is 2. The van der Waals surface area contributed by atoms with Crippen molar-refractivity contribution in [2.75, 3.05) is 26.4 Å². The number of ether oxygens (including phenoxy) is 1. The minimum Gasteiger partial charge on any atom is -0.396 e. The average molecular weight is 326 g/mol. The lowest BCUT2D eigenvalue weighted by Gasteiger charge is -2.35. The Morgan fingerprint density at radius 3 is 2.77 bits per heavy atom. The second-order valence-electron chi connectivity index (χ2n) is 6.22. The highest BCUT2D eigenvalue weighted by molar-refractivity contribution is 7.11. The molecule has 0 unspecified atom stereocenters. The summed E-state index contributed by atoms with van der Waals surface area (Å²) in [5, 5.41) is 15.5.